The van der Waals surface area contributed by atoms with Gasteiger partial charge in [-0.15, -0.1) is 11.6 Å². The molecule has 1 aromatic carbocycles. The Balaban J connectivity index is 2.18. The maximum Gasteiger partial charge on any atom is 0.0474 e. The van der Waals surface area contributed by atoms with E-state index >= 15 is 0 Å². The SMILES string of the molecule is ClCc1cccc(C2CCNC2)c1. The van der Waals surface area contributed by atoms with Crippen LogP contribution in [0.3, 0.4) is 0 Å². The van der Waals surface area contributed by atoms with Gasteiger partial charge in [-0.1, -0.05) is 24.3 Å². The number of nitrogens with one attached hydrogen (secondary N) is 1. The third kappa shape index (κ3) is 2.04. The Kier molecular flexibility index (Phi) is 2.87. The summed E-state index contributed by atoms with van der Waals surface area (Å²) < 4.78 is 0. The second kappa shape index (κ2) is 4.12. The van der Waals surface area contributed by atoms with Crippen molar-refractivity contribution >= 4 is 11.6 Å². The van der Waals surface area contributed by atoms with Gasteiger partial charge in [-0.2, -0.15) is 0 Å². The van der Waals surface area contributed by atoms with E-state index < -0.39 is 0 Å². The molecule has 0 amide bonds. The first-order chi connectivity index (χ1) is 6.40. The summed E-state index contributed by atoms with van der Waals surface area (Å²) in [6.07, 6.45) is 1.26. The summed E-state index contributed by atoms with van der Waals surface area (Å²) in [5, 5.41) is 3.38. The lowest BCUT2D eigenvalue weighted by Crippen LogP contribution is -2.07. The first-order valence-electron chi connectivity index (χ1n) is 4.75. The summed E-state index contributed by atoms with van der Waals surface area (Å²) in [6, 6.07) is 8.61. The Morgan fingerprint density at radius 3 is 3.08 bits per heavy atom. The van der Waals surface area contributed by atoms with Crippen molar-refractivity contribution < 1.29 is 0 Å². The molecule has 1 N–H and O–H groups in total. The van der Waals surface area contributed by atoms with Gasteiger partial charge in [0.05, 0.1) is 0 Å². The zero-order chi connectivity index (χ0) is 9.10. The van der Waals surface area contributed by atoms with Gasteiger partial charge in [0.1, 0.15) is 0 Å². The Morgan fingerprint density at radius 2 is 2.38 bits per heavy atom. The Labute approximate surface area is 84.1 Å². The number of rotatable bonds is 2. The monoisotopic (exact) mass is 195 g/mol. The minimum absolute atomic E-state index is 0.619. The van der Waals surface area contributed by atoms with E-state index in [0.29, 0.717) is 11.8 Å². The summed E-state index contributed by atoms with van der Waals surface area (Å²) in [4.78, 5) is 0. The molecule has 0 saturated carbocycles. The fraction of sp³-hybridized carbons (Fsp3) is 0.455. The van der Waals surface area contributed by atoms with E-state index in [-0.39, 0.29) is 0 Å². The van der Waals surface area contributed by atoms with Gasteiger partial charge < -0.3 is 5.32 Å². The van der Waals surface area contributed by atoms with Gasteiger partial charge in [-0.05, 0) is 30.0 Å². The molecule has 1 aliphatic heterocycles. The molecule has 1 saturated heterocycles. The van der Waals surface area contributed by atoms with Crippen LogP contribution >= 0.6 is 11.6 Å². The molecule has 0 radical (unpaired) electrons. The highest BCUT2D eigenvalue weighted by molar-refractivity contribution is 6.17. The van der Waals surface area contributed by atoms with Gasteiger partial charge >= 0.3 is 0 Å². The van der Waals surface area contributed by atoms with E-state index in [4.69, 9.17) is 11.6 Å². The van der Waals surface area contributed by atoms with E-state index in [1.807, 2.05) is 0 Å². The summed E-state index contributed by atoms with van der Waals surface area (Å²) >= 11 is 5.79. The molecule has 0 aliphatic carbocycles. The van der Waals surface area contributed by atoms with Crippen LogP contribution in [0.2, 0.25) is 0 Å². The fourth-order valence-electron chi connectivity index (χ4n) is 1.87. The van der Waals surface area contributed by atoms with Crippen molar-refractivity contribution in [1.29, 1.82) is 0 Å². The van der Waals surface area contributed by atoms with Crippen LogP contribution in [0.15, 0.2) is 24.3 Å². The average molecular weight is 196 g/mol. The number of alkyl halides is 1. The molecule has 1 nitrogen and oxygen atoms in total. The molecule has 1 atom stereocenters. The molecule has 70 valence electrons. The smallest absolute Gasteiger partial charge is 0.0474 e. The van der Waals surface area contributed by atoms with E-state index in [0.717, 1.165) is 13.1 Å². The highest BCUT2D eigenvalue weighted by atomic mass is 35.5. The van der Waals surface area contributed by atoms with Crippen LogP contribution < -0.4 is 5.32 Å². The van der Waals surface area contributed by atoms with Gasteiger partial charge in [-0.25, -0.2) is 0 Å². The van der Waals surface area contributed by atoms with Gasteiger partial charge in [-0.3, -0.25) is 0 Å². The van der Waals surface area contributed by atoms with Crippen LogP contribution in [0.1, 0.15) is 23.5 Å². The molecule has 0 aromatic heterocycles. The normalized spacial score (nSPS) is 22.1. The van der Waals surface area contributed by atoms with Crippen LogP contribution in [0.4, 0.5) is 0 Å². The molecule has 0 bridgehead atoms. The maximum atomic E-state index is 5.79. The quantitative estimate of drug-likeness (QED) is 0.716. The van der Waals surface area contributed by atoms with Gasteiger partial charge in [0.25, 0.3) is 0 Å². The highest BCUT2D eigenvalue weighted by Gasteiger charge is 2.16. The zero-order valence-corrected chi connectivity index (χ0v) is 8.35. The Hall–Kier alpha value is -0.530. The minimum atomic E-state index is 0.619. The predicted molar refractivity (Wildman–Crippen MR) is 56.2 cm³/mol. The van der Waals surface area contributed by atoms with Gasteiger partial charge in [0, 0.05) is 12.4 Å². The number of hydrogen-bond donors (Lipinski definition) is 1. The maximum absolute atomic E-state index is 5.79. The fourth-order valence-corrected chi connectivity index (χ4v) is 2.04. The van der Waals surface area contributed by atoms with E-state index in [2.05, 4.69) is 29.6 Å². The zero-order valence-electron chi connectivity index (χ0n) is 7.59. The van der Waals surface area contributed by atoms with Crippen molar-refractivity contribution in [1.82, 2.24) is 5.32 Å². The number of benzene rings is 1. The summed E-state index contributed by atoms with van der Waals surface area (Å²) in [6.45, 7) is 2.27. The van der Waals surface area contributed by atoms with Gasteiger partial charge in [0.15, 0.2) is 0 Å². The van der Waals surface area contributed by atoms with Crippen LogP contribution in [0.25, 0.3) is 0 Å². The Morgan fingerprint density at radius 1 is 1.46 bits per heavy atom. The van der Waals surface area contributed by atoms with Crippen molar-refractivity contribution in [3.8, 4) is 0 Å². The van der Waals surface area contributed by atoms with Crippen molar-refractivity contribution in [2.75, 3.05) is 13.1 Å². The summed E-state index contributed by atoms with van der Waals surface area (Å²) in [7, 11) is 0. The van der Waals surface area contributed by atoms with E-state index in [1.54, 1.807) is 0 Å². The van der Waals surface area contributed by atoms with Crippen LogP contribution in [0.5, 0.6) is 0 Å². The molecule has 1 unspecified atom stereocenters. The molecule has 0 spiro atoms. The lowest BCUT2D eigenvalue weighted by Gasteiger charge is -2.09. The molecule has 1 heterocycles. The summed E-state index contributed by atoms with van der Waals surface area (Å²) in [5.74, 6) is 1.32. The van der Waals surface area contributed by atoms with Crippen LogP contribution in [0, 0.1) is 0 Å². The van der Waals surface area contributed by atoms with Crippen molar-refractivity contribution in [2.45, 2.75) is 18.2 Å². The number of hydrogen-bond acceptors (Lipinski definition) is 1. The second-order valence-corrected chi connectivity index (χ2v) is 3.84. The topological polar surface area (TPSA) is 12.0 Å². The first kappa shape index (κ1) is 9.04. The largest absolute Gasteiger partial charge is 0.316 e. The minimum Gasteiger partial charge on any atom is -0.316 e. The summed E-state index contributed by atoms with van der Waals surface area (Å²) in [5.41, 5.74) is 2.66. The van der Waals surface area contributed by atoms with Crippen molar-refractivity contribution in [3.63, 3.8) is 0 Å². The van der Waals surface area contributed by atoms with Crippen molar-refractivity contribution in [3.05, 3.63) is 35.4 Å². The molecular formula is C11H14ClN. The van der Waals surface area contributed by atoms with E-state index in [9.17, 15) is 0 Å². The third-order valence-electron chi connectivity index (χ3n) is 2.64. The van der Waals surface area contributed by atoms with E-state index in [1.165, 1.54) is 17.5 Å². The Bertz CT molecular complexity index is 279. The second-order valence-electron chi connectivity index (χ2n) is 3.57. The molecule has 1 aromatic rings. The van der Waals surface area contributed by atoms with Crippen LogP contribution in [-0.2, 0) is 5.88 Å². The molecule has 2 rings (SSSR count). The molecule has 2 heteroatoms. The first-order valence-corrected chi connectivity index (χ1v) is 5.29. The van der Waals surface area contributed by atoms with Crippen molar-refractivity contribution in [2.24, 2.45) is 0 Å². The predicted octanol–water partition coefficient (Wildman–Crippen LogP) is 2.50. The lowest BCUT2D eigenvalue weighted by molar-refractivity contribution is 0.762. The van der Waals surface area contributed by atoms with Gasteiger partial charge in [0.2, 0.25) is 0 Å². The lowest BCUT2D eigenvalue weighted by atomic mass is 9.97. The average Bonchev–Trinajstić information content (AvgIpc) is 2.71. The standard InChI is InChI=1S/C11H14ClN/c12-7-9-2-1-3-10(6-9)11-4-5-13-8-11/h1-3,6,11,13H,4-5,7-8H2. The molecule has 1 aliphatic rings. The highest BCUT2D eigenvalue weighted by Crippen LogP contribution is 2.23. The molecular weight excluding hydrogens is 182 g/mol. The van der Waals surface area contributed by atoms with Crippen LogP contribution in [-0.4, -0.2) is 13.1 Å². The molecule has 1 fully saturated rings. The third-order valence-corrected chi connectivity index (χ3v) is 2.95. The molecule has 13 heavy (non-hydrogen) atoms. The number of halogens is 1.